The molecule has 1 fully saturated rings. The molecule has 2 rings (SSSR count). The largest absolute Gasteiger partial charge is 0.359 e. The fourth-order valence-corrected chi connectivity index (χ4v) is 2.11. The minimum atomic E-state index is -0.251. The zero-order chi connectivity index (χ0) is 15.3. The van der Waals surface area contributed by atoms with Gasteiger partial charge in [0.05, 0.1) is 0 Å². The Labute approximate surface area is 125 Å². The maximum Gasteiger partial charge on any atom is 0.320 e. The van der Waals surface area contributed by atoms with Gasteiger partial charge < -0.3 is 15.2 Å². The molecule has 1 aliphatic heterocycles. The minimum Gasteiger partial charge on any atom is -0.359 e. The van der Waals surface area contributed by atoms with Gasteiger partial charge in [0.15, 0.2) is 5.82 Å². The smallest absolute Gasteiger partial charge is 0.320 e. The van der Waals surface area contributed by atoms with Crippen molar-refractivity contribution in [3.05, 3.63) is 11.8 Å². The number of anilines is 1. The summed E-state index contributed by atoms with van der Waals surface area (Å²) < 4.78 is 5.22. The average Bonchev–Trinajstić information content (AvgIpc) is 2.88. The van der Waals surface area contributed by atoms with Crippen LogP contribution in [0.15, 0.2) is 10.6 Å². The van der Waals surface area contributed by atoms with E-state index in [1.807, 2.05) is 20.8 Å². The molecule has 2 heterocycles. The molecule has 0 atom stereocenters. The summed E-state index contributed by atoms with van der Waals surface area (Å²) in [5, 5.41) is 12.7. The number of nitrogens with one attached hydrogen (secondary N) is 3. The standard InChI is InChI=1S/C14H25N5O2/c1-14(2,3)11-10-12(18-21-11)17-13(20)16-6-9-19-7-4-15-5-8-19/h10,15H,4-9H2,1-3H3,(H2,16,17,18,20). The van der Waals surface area contributed by atoms with Gasteiger partial charge >= 0.3 is 6.03 Å². The van der Waals surface area contributed by atoms with E-state index in [1.165, 1.54) is 0 Å². The van der Waals surface area contributed by atoms with Gasteiger partial charge in [0.25, 0.3) is 0 Å². The summed E-state index contributed by atoms with van der Waals surface area (Å²) in [6, 6.07) is 1.51. The van der Waals surface area contributed by atoms with Crippen LogP contribution in [0.25, 0.3) is 0 Å². The third-order valence-corrected chi connectivity index (χ3v) is 3.41. The van der Waals surface area contributed by atoms with E-state index in [4.69, 9.17) is 4.52 Å². The van der Waals surface area contributed by atoms with Gasteiger partial charge in [0.1, 0.15) is 5.76 Å². The first-order chi connectivity index (χ1) is 9.95. The molecule has 1 aromatic rings. The Balaban J connectivity index is 1.70. The first-order valence-electron chi connectivity index (χ1n) is 7.40. The fourth-order valence-electron chi connectivity index (χ4n) is 2.11. The molecule has 7 nitrogen and oxygen atoms in total. The van der Waals surface area contributed by atoms with Crippen LogP contribution in [0.4, 0.5) is 10.6 Å². The maximum absolute atomic E-state index is 11.8. The van der Waals surface area contributed by atoms with E-state index in [0.717, 1.165) is 38.5 Å². The first-order valence-corrected chi connectivity index (χ1v) is 7.40. The van der Waals surface area contributed by atoms with Crippen LogP contribution < -0.4 is 16.0 Å². The number of carbonyl (C=O) groups excluding carboxylic acids is 1. The number of carbonyl (C=O) groups is 1. The molecule has 0 aliphatic carbocycles. The van der Waals surface area contributed by atoms with E-state index in [9.17, 15) is 4.79 Å². The Morgan fingerprint density at radius 2 is 2.14 bits per heavy atom. The Kier molecular flexibility index (Phi) is 5.19. The molecular formula is C14H25N5O2. The molecule has 21 heavy (non-hydrogen) atoms. The summed E-state index contributed by atoms with van der Waals surface area (Å²) in [6.07, 6.45) is 0. The predicted octanol–water partition coefficient (Wildman–Crippen LogP) is 0.999. The molecular weight excluding hydrogens is 270 g/mol. The number of aromatic nitrogens is 1. The molecule has 0 radical (unpaired) electrons. The van der Waals surface area contributed by atoms with Gasteiger partial charge in [-0.3, -0.25) is 10.2 Å². The van der Waals surface area contributed by atoms with Gasteiger partial charge in [0, 0.05) is 50.7 Å². The van der Waals surface area contributed by atoms with Crippen LogP contribution in [-0.2, 0) is 5.41 Å². The summed E-state index contributed by atoms with van der Waals surface area (Å²) in [5.41, 5.74) is -0.119. The third-order valence-electron chi connectivity index (χ3n) is 3.41. The van der Waals surface area contributed by atoms with Crippen molar-refractivity contribution in [1.82, 2.24) is 20.7 Å². The van der Waals surface area contributed by atoms with Crippen LogP contribution in [-0.4, -0.2) is 55.4 Å². The third kappa shape index (κ3) is 5.02. The van der Waals surface area contributed by atoms with Crippen molar-refractivity contribution in [2.75, 3.05) is 44.6 Å². The van der Waals surface area contributed by atoms with Crippen LogP contribution in [0.2, 0.25) is 0 Å². The van der Waals surface area contributed by atoms with Crippen molar-refractivity contribution >= 4 is 11.8 Å². The molecule has 3 N–H and O–H groups in total. The number of piperazine rings is 1. The highest BCUT2D eigenvalue weighted by molar-refractivity contribution is 5.88. The number of amides is 2. The van der Waals surface area contributed by atoms with Crippen molar-refractivity contribution in [3.63, 3.8) is 0 Å². The Morgan fingerprint density at radius 3 is 2.76 bits per heavy atom. The van der Waals surface area contributed by atoms with Crippen molar-refractivity contribution in [3.8, 4) is 0 Å². The van der Waals surface area contributed by atoms with Crippen LogP contribution in [0.1, 0.15) is 26.5 Å². The second kappa shape index (κ2) is 6.91. The molecule has 1 aromatic heterocycles. The lowest BCUT2D eigenvalue weighted by Crippen LogP contribution is -2.46. The van der Waals surface area contributed by atoms with Gasteiger partial charge in [-0.25, -0.2) is 4.79 Å². The Morgan fingerprint density at radius 1 is 1.43 bits per heavy atom. The fraction of sp³-hybridized carbons (Fsp3) is 0.714. The van der Waals surface area contributed by atoms with Crippen LogP contribution in [0.3, 0.4) is 0 Å². The number of hydrogen-bond donors (Lipinski definition) is 3. The molecule has 0 unspecified atom stereocenters. The van der Waals surface area contributed by atoms with Crippen LogP contribution in [0.5, 0.6) is 0 Å². The molecule has 0 aromatic carbocycles. The monoisotopic (exact) mass is 295 g/mol. The predicted molar refractivity (Wildman–Crippen MR) is 81.5 cm³/mol. The average molecular weight is 295 g/mol. The minimum absolute atomic E-state index is 0.119. The van der Waals surface area contributed by atoms with Crippen molar-refractivity contribution in [2.45, 2.75) is 26.2 Å². The lowest BCUT2D eigenvalue weighted by atomic mass is 9.93. The normalized spacial score (nSPS) is 16.7. The zero-order valence-electron chi connectivity index (χ0n) is 13.0. The van der Waals surface area contributed by atoms with E-state index < -0.39 is 0 Å². The quantitative estimate of drug-likeness (QED) is 0.772. The summed E-state index contributed by atoms with van der Waals surface area (Å²) >= 11 is 0. The molecule has 1 saturated heterocycles. The van der Waals surface area contributed by atoms with Crippen molar-refractivity contribution in [1.29, 1.82) is 0 Å². The van der Waals surface area contributed by atoms with Crippen molar-refractivity contribution in [2.24, 2.45) is 0 Å². The van der Waals surface area contributed by atoms with E-state index in [2.05, 4.69) is 26.0 Å². The topological polar surface area (TPSA) is 82.4 Å². The highest BCUT2D eigenvalue weighted by atomic mass is 16.5. The summed E-state index contributed by atoms with van der Waals surface area (Å²) in [6.45, 7) is 11.7. The second-order valence-corrected chi connectivity index (χ2v) is 6.30. The molecule has 1 aliphatic rings. The number of urea groups is 1. The summed E-state index contributed by atoms with van der Waals surface area (Å²) in [7, 11) is 0. The number of hydrogen-bond acceptors (Lipinski definition) is 5. The van der Waals surface area contributed by atoms with Gasteiger partial charge in [-0.2, -0.15) is 0 Å². The SMILES string of the molecule is CC(C)(C)c1cc(NC(=O)NCCN2CCNCC2)no1. The highest BCUT2D eigenvalue weighted by Crippen LogP contribution is 2.24. The molecule has 0 bridgehead atoms. The zero-order valence-corrected chi connectivity index (χ0v) is 13.0. The molecule has 0 saturated carbocycles. The molecule has 118 valence electrons. The van der Waals surface area contributed by atoms with E-state index in [0.29, 0.717) is 12.4 Å². The number of rotatable bonds is 4. The second-order valence-electron chi connectivity index (χ2n) is 6.30. The lowest BCUT2D eigenvalue weighted by Gasteiger charge is -2.27. The van der Waals surface area contributed by atoms with Crippen molar-refractivity contribution < 1.29 is 9.32 Å². The molecule has 0 spiro atoms. The Bertz CT molecular complexity index is 460. The molecule has 7 heteroatoms. The van der Waals surface area contributed by atoms with Gasteiger partial charge in [-0.1, -0.05) is 25.9 Å². The van der Waals surface area contributed by atoms with E-state index in [1.54, 1.807) is 6.07 Å². The summed E-state index contributed by atoms with van der Waals surface area (Å²) in [5.74, 6) is 1.19. The lowest BCUT2D eigenvalue weighted by molar-refractivity contribution is 0.233. The maximum atomic E-state index is 11.8. The van der Waals surface area contributed by atoms with Gasteiger partial charge in [0.2, 0.25) is 0 Å². The Hall–Kier alpha value is -1.60. The van der Waals surface area contributed by atoms with E-state index >= 15 is 0 Å². The number of nitrogens with zero attached hydrogens (tertiary/aromatic N) is 2. The first kappa shape index (κ1) is 15.8. The van der Waals surface area contributed by atoms with Crippen LogP contribution in [0, 0.1) is 0 Å². The van der Waals surface area contributed by atoms with Gasteiger partial charge in [-0.05, 0) is 0 Å². The molecule has 2 amide bonds. The highest BCUT2D eigenvalue weighted by Gasteiger charge is 2.20. The summed E-state index contributed by atoms with van der Waals surface area (Å²) in [4.78, 5) is 14.1. The van der Waals surface area contributed by atoms with E-state index in [-0.39, 0.29) is 11.4 Å². The van der Waals surface area contributed by atoms with Crippen LogP contribution >= 0.6 is 0 Å². The van der Waals surface area contributed by atoms with Gasteiger partial charge in [-0.15, -0.1) is 0 Å².